The summed E-state index contributed by atoms with van der Waals surface area (Å²) in [5, 5.41) is 2.78. The van der Waals surface area contributed by atoms with Gasteiger partial charge in [0.25, 0.3) is 0 Å². The Balaban J connectivity index is 0.000000272. The van der Waals surface area contributed by atoms with Crippen LogP contribution in [0.3, 0.4) is 0 Å². The van der Waals surface area contributed by atoms with Gasteiger partial charge in [-0.1, -0.05) is 12.1 Å². The maximum atomic E-state index is 11.5. The molecular formula is C31H49B2N5O6. The average molecular weight is 609 g/mol. The van der Waals surface area contributed by atoms with Crippen molar-refractivity contribution in [3.05, 3.63) is 48.0 Å². The molecule has 0 bridgehead atoms. The van der Waals surface area contributed by atoms with Crippen molar-refractivity contribution in [2.45, 2.75) is 111 Å². The lowest BCUT2D eigenvalue weighted by Gasteiger charge is -2.32. The van der Waals surface area contributed by atoms with E-state index in [1.807, 2.05) is 86.6 Å². The molecule has 2 saturated heterocycles. The lowest BCUT2D eigenvalue weighted by Crippen LogP contribution is -2.41. The molecule has 0 aliphatic carbocycles. The molecule has 3 N–H and O–H groups in total. The first-order valence-electron chi connectivity index (χ1n) is 15.1. The van der Waals surface area contributed by atoms with E-state index in [0.29, 0.717) is 32.5 Å². The highest BCUT2D eigenvalue weighted by molar-refractivity contribution is 6.62. The summed E-state index contributed by atoms with van der Waals surface area (Å²) in [7, 11) is -0.741. The number of carbonyl (C=O) groups excluding carboxylic acids is 2. The van der Waals surface area contributed by atoms with E-state index in [1.165, 1.54) is 6.08 Å². The van der Waals surface area contributed by atoms with Crippen molar-refractivity contribution in [3.8, 4) is 0 Å². The van der Waals surface area contributed by atoms with Gasteiger partial charge in [0.15, 0.2) is 0 Å². The summed E-state index contributed by atoms with van der Waals surface area (Å²) in [6.07, 6.45) is 6.02. The lowest BCUT2D eigenvalue weighted by molar-refractivity contribution is -0.120. The molecule has 1 amide bonds. The Hall–Kier alpha value is -2.92. The van der Waals surface area contributed by atoms with Crippen LogP contribution in [0.25, 0.3) is 0 Å². The number of aliphatic imine (C=N–C) groups is 1. The van der Waals surface area contributed by atoms with Crippen molar-refractivity contribution in [2.24, 2.45) is 10.7 Å². The first kappa shape index (κ1) is 37.3. The molecule has 2 aromatic heterocycles. The summed E-state index contributed by atoms with van der Waals surface area (Å²) in [4.78, 5) is 32.4. The van der Waals surface area contributed by atoms with E-state index in [2.05, 4.69) is 20.3 Å². The number of hydrogen-bond acceptors (Lipinski definition) is 10. The van der Waals surface area contributed by atoms with E-state index in [0.717, 1.165) is 22.3 Å². The number of amides is 1. The lowest BCUT2D eigenvalue weighted by atomic mass is 9.80. The molecular weight excluding hydrogens is 560 g/mol. The molecule has 0 spiro atoms. The van der Waals surface area contributed by atoms with E-state index in [1.54, 1.807) is 19.3 Å². The standard InChI is InChI=1S/C16H25BN2O3.C12H19BN2O2.C3H5NO/c1-6-18-14(20)10-9-13-8-7-12(11-19-13)17-21-15(2,3)16(4,5)22-17;1-11(2)12(3,4)17-13(16-11)9-5-6-10(7-14)15-8-9;1-2-4-3-5/h7-8,11H,6,9-10H2,1-5H3,(H,18,20);5-6,8H,7,14H2,1-4H3;2H2,1H3. The molecule has 2 aliphatic heterocycles. The van der Waals surface area contributed by atoms with Gasteiger partial charge in [-0.3, -0.25) is 14.8 Å². The van der Waals surface area contributed by atoms with E-state index in [4.69, 9.17) is 29.1 Å². The minimum atomic E-state index is -0.394. The second kappa shape index (κ2) is 15.9. The molecule has 44 heavy (non-hydrogen) atoms. The number of aryl methyl sites for hydroxylation is 1. The van der Waals surface area contributed by atoms with Crippen molar-refractivity contribution >= 4 is 37.1 Å². The zero-order valence-corrected chi connectivity index (χ0v) is 28.0. The predicted molar refractivity (Wildman–Crippen MR) is 173 cm³/mol. The molecule has 0 aromatic carbocycles. The molecule has 2 aliphatic rings. The van der Waals surface area contributed by atoms with Crippen LogP contribution >= 0.6 is 0 Å². The monoisotopic (exact) mass is 609 g/mol. The number of pyridine rings is 2. The molecule has 2 fully saturated rings. The number of nitrogens with one attached hydrogen (secondary N) is 1. The van der Waals surface area contributed by atoms with Gasteiger partial charge in [-0.25, -0.2) is 9.79 Å². The van der Waals surface area contributed by atoms with Crippen LogP contribution in [0.4, 0.5) is 0 Å². The molecule has 0 atom stereocenters. The summed E-state index contributed by atoms with van der Waals surface area (Å²) < 4.78 is 23.8. The normalized spacial score (nSPS) is 18.7. The second-order valence-electron chi connectivity index (χ2n) is 12.6. The van der Waals surface area contributed by atoms with E-state index in [9.17, 15) is 4.79 Å². The van der Waals surface area contributed by atoms with Gasteiger partial charge in [0.05, 0.1) is 28.1 Å². The topological polar surface area (TPSA) is 147 Å². The van der Waals surface area contributed by atoms with Crippen LogP contribution in [0.1, 0.15) is 87.0 Å². The molecule has 4 heterocycles. The maximum absolute atomic E-state index is 11.5. The number of aromatic nitrogens is 2. The highest BCUT2D eigenvalue weighted by Crippen LogP contribution is 2.37. The number of nitrogens with two attached hydrogens (primary N) is 1. The first-order chi connectivity index (χ1) is 20.5. The zero-order valence-electron chi connectivity index (χ0n) is 28.0. The van der Waals surface area contributed by atoms with Crippen molar-refractivity contribution in [1.82, 2.24) is 15.3 Å². The minimum Gasteiger partial charge on any atom is -0.399 e. The molecule has 0 unspecified atom stereocenters. The van der Waals surface area contributed by atoms with Gasteiger partial charge >= 0.3 is 14.2 Å². The predicted octanol–water partition coefficient (Wildman–Crippen LogP) is 2.63. The fourth-order valence-corrected chi connectivity index (χ4v) is 3.97. The molecule has 0 radical (unpaired) electrons. The molecule has 11 nitrogen and oxygen atoms in total. The molecule has 240 valence electrons. The number of isocyanates is 1. The number of hydrogen-bond donors (Lipinski definition) is 2. The maximum Gasteiger partial charge on any atom is 0.496 e. The highest BCUT2D eigenvalue weighted by Gasteiger charge is 2.52. The largest absolute Gasteiger partial charge is 0.496 e. The van der Waals surface area contributed by atoms with Crippen LogP contribution in [0, 0.1) is 0 Å². The Kier molecular flexibility index (Phi) is 13.5. The van der Waals surface area contributed by atoms with Crippen LogP contribution in [-0.2, 0) is 41.2 Å². The van der Waals surface area contributed by atoms with Crippen LogP contribution in [-0.4, -0.2) is 71.7 Å². The van der Waals surface area contributed by atoms with Crippen molar-refractivity contribution < 1.29 is 28.2 Å². The van der Waals surface area contributed by atoms with Gasteiger partial charge < -0.3 is 29.7 Å². The van der Waals surface area contributed by atoms with E-state index in [-0.39, 0.29) is 35.4 Å². The van der Waals surface area contributed by atoms with Crippen molar-refractivity contribution in [1.29, 1.82) is 0 Å². The number of carbonyl (C=O) groups is 1. The van der Waals surface area contributed by atoms with E-state index >= 15 is 0 Å². The van der Waals surface area contributed by atoms with Crippen LogP contribution in [0.15, 0.2) is 41.7 Å². The Morgan fingerprint density at radius 1 is 0.818 bits per heavy atom. The van der Waals surface area contributed by atoms with Crippen molar-refractivity contribution in [2.75, 3.05) is 13.1 Å². The van der Waals surface area contributed by atoms with Gasteiger partial charge in [-0.15, -0.1) is 0 Å². The second-order valence-corrected chi connectivity index (χ2v) is 12.6. The van der Waals surface area contributed by atoms with Crippen molar-refractivity contribution in [3.63, 3.8) is 0 Å². The average Bonchev–Trinajstić information content (AvgIpc) is 3.33. The third-order valence-corrected chi connectivity index (χ3v) is 8.16. The summed E-state index contributed by atoms with van der Waals surface area (Å²) in [6, 6.07) is 7.75. The number of nitrogens with zero attached hydrogens (tertiary/aromatic N) is 3. The quantitative estimate of drug-likeness (QED) is 0.262. The van der Waals surface area contributed by atoms with Crippen LogP contribution in [0.2, 0.25) is 0 Å². The smallest absolute Gasteiger partial charge is 0.399 e. The Bertz CT molecular complexity index is 1220. The summed E-state index contributed by atoms with van der Waals surface area (Å²) in [6.45, 7) is 21.6. The Morgan fingerprint density at radius 2 is 1.25 bits per heavy atom. The minimum absolute atomic E-state index is 0.0549. The summed E-state index contributed by atoms with van der Waals surface area (Å²) in [5.74, 6) is 0.0549. The molecule has 0 saturated carbocycles. The van der Waals surface area contributed by atoms with Crippen LogP contribution < -0.4 is 22.0 Å². The first-order valence-corrected chi connectivity index (χ1v) is 15.1. The summed E-state index contributed by atoms with van der Waals surface area (Å²) in [5.41, 5.74) is 7.77. The molecule has 4 rings (SSSR count). The highest BCUT2D eigenvalue weighted by atomic mass is 16.7. The Labute approximate surface area is 263 Å². The SMILES string of the molecule is CC1(C)OB(c2ccc(CN)nc2)OC1(C)C.CCN=C=O.CCNC(=O)CCc1ccc(B2OC(C)(C)C(C)(C)O2)cn1. The van der Waals surface area contributed by atoms with Gasteiger partial charge in [0.1, 0.15) is 0 Å². The van der Waals surface area contributed by atoms with Gasteiger partial charge in [-0.2, -0.15) is 0 Å². The third-order valence-electron chi connectivity index (χ3n) is 8.16. The third kappa shape index (κ3) is 10.1. The molecule has 2 aromatic rings. The van der Waals surface area contributed by atoms with E-state index < -0.39 is 7.12 Å². The van der Waals surface area contributed by atoms with Gasteiger partial charge in [-0.05, 0) is 87.8 Å². The fraction of sp³-hybridized carbons (Fsp3) is 0.613. The number of rotatable bonds is 8. The molecule has 13 heteroatoms. The van der Waals surface area contributed by atoms with Gasteiger partial charge in [0.2, 0.25) is 12.0 Å². The zero-order chi connectivity index (χ0) is 33.2. The van der Waals surface area contributed by atoms with Crippen LogP contribution in [0.5, 0.6) is 0 Å². The Morgan fingerprint density at radius 3 is 1.55 bits per heavy atom. The summed E-state index contributed by atoms with van der Waals surface area (Å²) >= 11 is 0. The fourth-order valence-electron chi connectivity index (χ4n) is 3.97. The van der Waals surface area contributed by atoms with Gasteiger partial charge in [0, 0.05) is 55.1 Å².